The van der Waals surface area contributed by atoms with Crippen LogP contribution in [0, 0.1) is 13.8 Å². The van der Waals surface area contributed by atoms with Crippen LogP contribution in [0.1, 0.15) is 49.3 Å². The lowest BCUT2D eigenvalue weighted by atomic mass is 10.1. The number of aryl methyl sites for hydroxylation is 2. The number of carbonyl (C=O) groups is 1. The van der Waals surface area contributed by atoms with Crippen molar-refractivity contribution in [3.8, 4) is 5.75 Å². The highest BCUT2D eigenvalue weighted by atomic mass is 16.5. The number of hydrogen-bond donors (Lipinski definition) is 2. The van der Waals surface area contributed by atoms with Crippen LogP contribution in [0.25, 0.3) is 0 Å². The van der Waals surface area contributed by atoms with Crippen LogP contribution in [0.4, 0.5) is 0 Å². The average molecular weight is 290 g/mol. The second-order valence-electron chi connectivity index (χ2n) is 6.01. The molecule has 0 heterocycles. The van der Waals surface area contributed by atoms with Crippen LogP contribution in [-0.4, -0.2) is 18.1 Å². The van der Waals surface area contributed by atoms with Crippen molar-refractivity contribution < 1.29 is 9.53 Å². The van der Waals surface area contributed by atoms with E-state index in [1.807, 2.05) is 26.0 Å². The summed E-state index contributed by atoms with van der Waals surface area (Å²) >= 11 is 0. The average Bonchev–Trinajstić information content (AvgIpc) is 2.95. The third kappa shape index (κ3) is 3.97. The third-order valence-corrected chi connectivity index (χ3v) is 4.12. The van der Waals surface area contributed by atoms with Crippen LogP contribution in [0.3, 0.4) is 0 Å². The van der Waals surface area contributed by atoms with Gasteiger partial charge in [-0.1, -0.05) is 25.0 Å². The van der Waals surface area contributed by atoms with Crippen LogP contribution in [-0.2, 0) is 11.3 Å². The summed E-state index contributed by atoms with van der Waals surface area (Å²) in [6.07, 6.45) is 4.10. The van der Waals surface area contributed by atoms with Gasteiger partial charge in [0.2, 0.25) is 0 Å². The summed E-state index contributed by atoms with van der Waals surface area (Å²) in [4.78, 5) is 12.2. The molecule has 1 atom stereocenters. The summed E-state index contributed by atoms with van der Waals surface area (Å²) in [7, 11) is 0. The van der Waals surface area contributed by atoms with E-state index in [0.717, 1.165) is 35.3 Å². The predicted molar refractivity (Wildman–Crippen MR) is 84.3 cm³/mol. The lowest BCUT2D eigenvalue weighted by Gasteiger charge is -2.20. The maximum Gasteiger partial charge on any atom is 0.260 e. The molecule has 0 bridgehead atoms. The highest BCUT2D eigenvalue weighted by Gasteiger charge is 2.22. The van der Waals surface area contributed by atoms with Gasteiger partial charge in [0.25, 0.3) is 5.91 Å². The number of carbonyl (C=O) groups excluding carboxylic acids is 1. The first-order valence-electron chi connectivity index (χ1n) is 7.78. The summed E-state index contributed by atoms with van der Waals surface area (Å²) in [6.45, 7) is 6.30. The number of hydrogen-bond acceptors (Lipinski definition) is 3. The van der Waals surface area contributed by atoms with Gasteiger partial charge in [0.05, 0.1) is 0 Å². The molecule has 0 saturated heterocycles. The molecule has 0 radical (unpaired) electrons. The third-order valence-electron chi connectivity index (χ3n) is 4.12. The Morgan fingerprint density at radius 2 is 1.90 bits per heavy atom. The SMILES string of the molecule is Cc1cc(CN)cc(C)c1OC(C)C(=O)NC1CCCC1. The predicted octanol–water partition coefficient (Wildman–Crippen LogP) is 2.59. The standard InChI is InChI=1S/C17H26N2O2/c1-11-8-14(10-18)9-12(2)16(11)21-13(3)17(20)19-15-6-4-5-7-15/h8-9,13,15H,4-7,10,18H2,1-3H3,(H,19,20). The van der Waals surface area contributed by atoms with E-state index in [1.165, 1.54) is 12.8 Å². The van der Waals surface area contributed by atoms with E-state index < -0.39 is 6.10 Å². The summed E-state index contributed by atoms with van der Waals surface area (Å²) in [5.74, 6) is 0.768. The van der Waals surface area contributed by atoms with Gasteiger partial charge in [0.1, 0.15) is 5.75 Å². The second-order valence-corrected chi connectivity index (χ2v) is 6.01. The van der Waals surface area contributed by atoms with Gasteiger partial charge in [-0.25, -0.2) is 0 Å². The first-order chi connectivity index (χ1) is 10.0. The Hall–Kier alpha value is -1.55. The molecule has 1 saturated carbocycles. The summed E-state index contributed by atoms with van der Waals surface area (Å²) in [6, 6.07) is 4.36. The van der Waals surface area contributed by atoms with Crippen molar-refractivity contribution >= 4 is 5.91 Å². The summed E-state index contributed by atoms with van der Waals surface area (Å²) in [5.41, 5.74) is 8.81. The quantitative estimate of drug-likeness (QED) is 0.876. The highest BCUT2D eigenvalue weighted by Crippen LogP contribution is 2.26. The molecule has 0 spiro atoms. The molecule has 0 aromatic heterocycles. The van der Waals surface area contributed by atoms with Gasteiger partial charge >= 0.3 is 0 Å². The fraction of sp³-hybridized carbons (Fsp3) is 0.588. The van der Waals surface area contributed by atoms with Crippen LogP contribution in [0.15, 0.2) is 12.1 Å². The van der Waals surface area contributed by atoms with Crippen molar-refractivity contribution in [2.24, 2.45) is 5.73 Å². The fourth-order valence-electron chi connectivity index (χ4n) is 2.96. The van der Waals surface area contributed by atoms with E-state index in [0.29, 0.717) is 12.6 Å². The Balaban J connectivity index is 2.01. The monoisotopic (exact) mass is 290 g/mol. The lowest BCUT2D eigenvalue weighted by molar-refractivity contribution is -0.128. The molecule has 1 aromatic rings. The Kier molecular flexibility index (Phi) is 5.23. The Labute approximate surface area is 127 Å². The van der Waals surface area contributed by atoms with Crippen molar-refractivity contribution in [2.75, 3.05) is 0 Å². The smallest absolute Gasteiger partial charge is 0.260 e. The van der Waals surface area contributed by atoms with Gasteiger partial charge in [-0.15, -0.1) is 0 Å². The molecule has 1 aromatic carbocycles. The topological polar surface area (TPSA) is 64.3 Å². The van der Waals surface area contributed by atoms with E-state index in [9.17, 15) is 4.79 Å². The van der Waals surface area contributed by atoms with Crippen molar-refractivity contribution in [1.82, 2.24) is 5.32 Å². The molecule has 1 amide bonds. The van der Waals surface area contributed by atoms with Crippen LogP contribution < -0.4 is 15.8 Å². The van der Waals surface area contributed by atoms with Crippen molar-refractivity contribution in [3.05, 3.63) is 28.8 Å². The number of nitrogens with one attached hydrogen (secondary N) is 1. The molecule has 116 valence electrons. The maximum absolute atomic E-state index is 12.2. The Morgan fingerprint density at radius 1 is 1.33 bits per heavy atom. The molecule has 0 aliphatic heterocycles. The van der Waals surface area contributed by atoms with E-state index in [4.69, 9.17) is 10.5 Å². The zero-order chi connectivity index (χ0) is 15.4. The molecule has 21 heavy (non-hydrogen) atoms. The van der Waals surface area contributed by atoms with Gasteiger partial charge in [0, 0.05) is 12.6 Å². The summed E-state index contributed by atoms with van der Waals surface area (Å²) < 4.78 is 5.89. The van der Waals surface area contributed by atoms with Crippen LogP contribution >= 0.6 is 0 Å². The molecule has 4 heteroatoms. The molecule has 1 aliphatic rings. The van der Waals surface area contributed by atoms with Crippen molar-refractivity contribution in [1.29, 1.82) is 0 Å². The molecule has 4 nitrogen and oxygen atoms in total. The van der Waals surface area contributed by atoms with Gasteiger partial charge in [0.15, 0.2) is 6.10 Å². The first kappa shape index (κ1) is 15.8. The number of nitrogens with two attached hydrogens (primary N) is 1. The van der Waals surface area contributed by atoms with Crippen LogP contribution in [0.2, 0.25) is 0 Å². The molecule has 3 N–H and O–H groups in total. The normalized spacial score (nSPS) is 16.8. The van der Waals surface area contributed by atoms with Gasteiger partial charge in [-0.05, 0) is 50.3 Å². The number of amides is 1. The van der Waals surface area contributed by atoms with E-state index >= 15 is 0 Å². The van der Waals surface area contributed by atoms with E-state index in [-0.39, 0.29) is 5.91 Å². The highest BCUT2D eigenvalue weighted by molar-refractivity contribution is 5.81. The van der Waals surface area contributed by atoms with Crippen LogP contribution in [0.5, 0.6) is 5.75 Å². The van der Waals surface area contributed by atoms with E-state index in [2.05, 4.69) is 5.32 Å². The maximum atomic E-state index is 12.2. The Bertz CT molecular complexity index is 485. The van der Waals surface area contributed by atoms with Gasteiger partial charge < -0.3 is 15.8 Å². The van der Waals surface area contributed by atoms with Crippen molar-refractivity contribution in [2.45, 2.75) is 65.1 Å². The van der Waals surface area contributed by atoms with Gasteiger partial charge in [-0.3, -0.25) is 4.79 Å². The first-order valence-corrected chi connectivity index (χ1v) is 7.78. The minimum atomic E-state index is -0.480. The minimum Gasteiger partial charge on any atom is -0.480 e. The zero-order valence-corrected chi connectivity index (χ0v) is 13.2. The Morgan fingerprint density at radius 3 is 2.43 bits per heavy atom. The molecular weight excluding hydrogens is 264 g/mol. The van der Waals surface area contributed by atoms with Crippen molar-refractivity contribution in [3.63, 3.8) is 0 Å². The molecule has 1 unspecified atom stereocenters. The van der Waals surface area contributed by atoms with Gasteiger partial charge in [-0.2, -0.15) is 0 Å². The number of rotatable bonds is 5. The minimum absolute atomic E-state index is 0.0244. The molecule has 1 aliphatic carbocycles. The summed E-state index contributed by atoms with van der Waals surface area (Å²) in [5, 5.41) is 3.08. The van der Waals surface area contributed by atoms with E-state index in [1.54, 1.807) is 6.92 Å². The molecular formula is C17H26N2O2. The second kappa shape index (κ2) is 6.94. The zero-order valence-electron chi connectivity index (χ0n) is 13.2. The fourth-order valence-corrected chi connectivity index (χ4v) is 2.96. The molecule has 1 fully saturated rings. The number of ether oxygens (including phenoxy) is 1. The number of benzene rings is 1. The molecule has 2 rings (SSSR count). The lowest BCUT2D eigenvalue weighted by Crippen LogP contribution is -2.41. The largest absolute Gasteiger partial charge is 0.480 e.